The van der Waals surface area contributed by atoms with Crippen LogP contribution in [-0.4, -0.2) is 61.6 Å². The molecule has 1 atom stereocenters. The summed E-state index contributed by atoms with van der Waals surface area (Å²) in [5.74, 6) is 2.71. The predicted molar refractivity (Wildman–Crippen MR) is 115 cm³/mol. The minimum Gasteiger partial charge on any atom is -0.357 e. The molecule has 2 aliphatic rings. The number of piperidine rings is 1. The van der Waals surface area contributed by atoms with Gasteiger partial charge in [-0.1, -0.05) is 33.1 Å². The molecule has 2 saturated heterocycles. The van der Waals surface area contributed by atoms with Crippen LogP contribution in [0.15, 0.2) is 4.99 Å². The van der Waals surface area contributed by atoms with Gasteiger partial charge in [0.25, 0.3) is 0 Å². The Hall–Kier alpha value is -0.0400. The Balaban J connectivity index is 0.00000288. The summed E-state index contributed by atoms with van der Waals surface area (Å²) in [6.45, 7) is 15.0. The zero-order chi connectivity index (χ0) is 16.5. The van der Waals surface area contributed by atoms with Gasteiger partial charge >= 0.3 is 0 Å². The van der Waals surface area contributed by atoms with E-state index in [0.717, 1.165) is 30.9 Å². The van der Waals surface area contributed by atoms with Gasteiger partial charge in [0.05, 0.1) is 0 Å². The van der Waals surface area contributed by atoms with E-state index in [1.165, 1.54) is 71.2 Å². The van der Waals surface area contributed by atoms with Crippen molar-refractivity contribution in [2.24, 2.45) is 16.8 Å². The summed E-state index contributed by atoms with van der Waals surface area (Å²) in [4.78, 5) is 10.1. The average Bonchev–Trinajstić information content (AvgIpc) is 3.04. The lowest BCUT2D eigenvalue weighted by molar-refractivity contribution is 0.198. The summed E-state index contributed by atoms with van der Waals surface area (Å²) < 4.78 is 0. The SMILES string of the molecule is CCNC(=NCC(CC)CC)N1CCC(CN2CCCCC2)C1.I. The Labute approximate surface area is 166 Å². The van der Waals surface area contributed by atoms with E-state index >= 15 is 0 Å². The molecule has 1 unspecified atom stereocenters. The van der Waals surface area contributed by atoms with Gasteiger partial charge in [0.1, 0.15) is 0 Å². The molecule has 0 spiro atoms. The van der Waals surface area contributed by atoms with Gasteiger partial charge in [-0.2, -0.15) is 0 Å². The fraction of sp³-hybridized carbons (Fsp3) is 0.947. The zero-order valence-corrected chi connectivity index (χ0v) is 18.4. The number of nitrogens with one attached hydrogen (secondary N) is 1. The van der Waals surface area contributed by atoms with Crippen LogP contribution in [0.2, 0.25) is 0 Å². The first kappa shape index (κ1) is 22.0. The lowest BCUT2D eigenvalue weighted by Crippen LogP contribution is -2.41. The maximum absolute atomic E-state index is 4.94. The highest BCUT2D eigenvalue weighted by atomic mass is 127. The van der Waals surface area contributed by atoms with Gasteiger partial charge in [-0.25, -0.2) is 0 Å². The summed E-state index contributed by atoms with van der Waals surface area (Å²) in [6.07, 6.45) is 8.02. The first-order valence-electron chi connectivity index (χ1n) is 10.0. The summed E-state index contributed by atoms with van der Waals surface area (Å²) in [7, 11) is 0. The topological polar surface area (TPSA) is 30.9 Å². The van der Waals surface area contributed by atoms with Crippen molar-refractivity contribution in [1.82, 2.24) is 15.1 Å². The summed E-state index contributed by atoms with van der Waals surface area (Å²) in [6, 6.07) is 0. The number of hydrogen-bond acceptors (Lipinski definition) is 2. The molecule has 0 aromatic heterocycles. The van der Waals surface area contributed by atoms with Crippen molar-refractivity contribution in [2.45, 2.75) is 59.3 Å². The highest BCUT2D eigenvalue weighted by Gasteiger charge is 2.27. The second-order valence-corrected chi connectivity index (χ2v) is 7.34. The smallest absolute Gasteiger partial charge is 0.193 e. The Morgan fingerprint density at radius 3 is 2.42 bits per heavy atom. The van der Waals surface area contributed by atoms with Crippen LogP contribution < -0.4 is 5.32 Å². The van der Waals surface area contributed by atoms with Crippen LogP contribution in [0.25, 0.3) is 0 Å². The number of nitrogens with zero attached hydrogens (tertiary/aromatic N) is 3. The second-order valence-electron chi connectivity index (χ2n) is 7.34. The molecule has 142 valence electrons. The quantitative estimate of drug-likeness (QED) is 0.364. The normalized spacial score (nSPS) is 22.8. The Kier molecular flexibility index (Phi) is 11.3. The third kappa shape index (κ3) is 7.06. The van der Waals surface area contributed by atoms with Crippen LogP contribution in [0.3, 0.4) is 0 Å². The average molecular weight is 450 g/mol. The maximum atomic E-state index is 4.94. The Morgan fingerprint density at radius 1 is 1.08 bits per heavy atom. The van der Waals surface area contributed by atoms with E-state index in [9.17, 15) is 0 Å². The van der Waals surface area contributed by atoms with Crippen molar-refractivity contribution in [3.05, 3.63) is 0 Å². The van der Waals surface area contributed by atoms with Gasteiger partial charge in [-0.15, -0.1) is 24.0 Å². The molecule has 2 fully saturated rings. The third-order valence-corrected chi connectivity index (χ3v) is 5.54. The maximum Gasteiger partial charge on any atom is 0.193 e. The molecule has 4 nitrogen and oxygen atoms in total. The van der Waals surface area contributed by atoms with Gasteiger partial charge in [-0.3, -0.25) is 4.99 Å². The molecule has 0 amide bonds. The minimum atomic E-state index is 0. The van der Waals surface area contributed by atoms with Gasteiger partial charge in [0.2, 0.25) is 0 Å². The lowest BCUT2D eigenvalue weighted by atomic mass is 10.0. The van der Waals surface area contributed by atoms with Crippen LogP contribution >= 0.6 is 24.0 Å². The molecule has 0 aromatic rings. The Bertz CT molecular complexity index is 351. The number of aliphatic imine (C=N–C) groups is 1. The standard InChI is InChI=1S/C19H38N4.HI/c1-4-17(5-2)14-21-19(20-6-3)23-13-10-18(16-23)15-22-11-8-7-9-12-22;/h17-18H,4-16H2,1-3H3,(H,20,21);1H. The molecule has 0 bridgehead atoms. The number of halogens is 1. The predicted octanol–water partition coefficient (Wildman–Crippen LogP) is 3.81. The van der Waals surface area contributed by atoms with Crippen molar-refractivity contribution in [2.75, 3.05) is 45.8 Å². The first-order chi connectivity index (χ1) is 11.3. The van der Waals surface area contributed by atoms with E-state index in [0.29, 0.717) is 0 Å². The van der Waals surface area contributed by atoms with Crippen molar-refractivity contribution < 1.29 is 0 Å². The van der Waals surface area contributed by atoms with Crippen LogP contribution in [0.1, 0.15) is 59.3 Å². The molecule has 5 heteroatoms. The molecule has 24 heavy (non-hydrogen) atoms. The molecular formula is C19H39IN4. The molecule has 0 radical (unpaired) electrons. The van der Waals surface area contributed by atoms with Crippen LogP contribution in [-0.2, 0) is 0 Å². The second kappa shape index (κ2) is 12.3. The van der Waals surface area contributed by atoms with Gasteiger partial charge < -0.3 is 15.1 Å². The van der Waals surface area contributed by atoms with Gasteiger partial charge in [-0.05, 0) is 51.1 Å². The summed E-state index contributed by atoms with van der Waals surface area (Å²) in [5.41, 5.74) is 0. The zero-order valence-electron chi connectivity index (χ0n) is 16.1. The summed E-state index contributed by atoms with van der Waals surface area (Å²) >= 11 is 0. The van der Waals surface area contributed by atoms with E-state index in [-0.39, 0.29) is 24.0 Å². The van der Waals surface area contributed by atoms with Gasteiger partial charge in [0.15, 0.2) is 5.96 Å². The molecule has 0 aliphatic carbocycles. The fourth-order valence-corrected chi connectivity index (χ4v) is 3.87. The highest BCUT2D eigenvalue weighted by molar-refractivity contribution is 14.0. The van der Waals surface area contributed by atoms with Crippen molar-refractivity contribution in [3.8, 4) is 0 Å². The highest BCUT2D eigenvalue weighted by Crippen LogP contribution is 2.20. The van der Waals surface area contributed by atoms with Gasteiger partial charge in [0, 0.05) is 32.7 Å². The number of guanidine groups is 1. The molecule has 0 aromatic carbocycles. The molecule has 0 saturated carbocycles. The van der Waals surface area contributed by atoms with E-state index < -0.39 is 0 Å². The van der Waals surface area contributed by atoms with E-state index in [4.69, 9.17) is 4.99 Å². The van der Waals surface area contributed by atoms with E-state index in [2.05, 4.69) is 35.9 Å². The molecule has 2 aliphatic heterocycles. The number of rotatable bonds is 7. The van der Waals surface area contributed by atoms with Crippen molar-refractivity contribution in [3.63, 3.8) is 0 Å². The number of hydrogen-bond donors (Lipinski definition) is 1. The Morgan fingerprint density at radius 2 is 1.79 bits per heavy atom. The molecular weight excluding hydrogens is 411 g/mol. The van der Waals surface area contributed by atoms with E-state index in [1.807, 2.05) is 0 Å². The summed E-state index contributed by atoms with van der Waals surface area (Å²) in [5, 5.41) is 3.51. The van der Waals surface area contributed by atoms with E-state index in [1.54, 1.807) is 0 Å². The van der Waals surface area contributed by atoms with Crippen LogP contribution in [0, 0.1) is 11.8 Å². The third-order valence-electron chi connectivity index (χ3n) is 5.54. The largest absolute Gasteiger partial charge is 0.357 e. The molecule has 2 heterocycles. The fourth-order valence-electron chi connectivity index (χ4n) is 3.87. The first-order valence-corrected chi connectivity index (χ1v) is 10.0. The monoisotopic (exact) mass is 450 g/mol. The molecule has 1 N–H and O–H groups in total. The number of likely N-dealkylation sites (tertiary alicyclic amines) is 2. The van der Waals surface area contributed by atoms with Crippen molar-refractivity contribution >= 4 is 29.9 Å². The van der Waals surface area contributed by atoms with Crippen LogP contribution in [0.5, 0.6) is 0 Å². The minimum absolute atomic E-state index is 0. The van der Waals surface area contributed by atoms with Crippen LogP contribution in [0.4, 0.5) is 0 Å². The molecule has 2 rings (SSSR count). The lowest BCUT2D eigenvalue weighted by Gasteiger charge is -2.29. The van der Waals surface area contributed by atoms with Crippen molar-refractivity contribution in [1.29, 1.82) is 0 Å².